The highest BCUT2D eigenvalue weighted by molar-refractivity contribution is 14.0. The molecule has 1 aromatic carbocycles. The van der Waals surface area contributed by atoms with Crippen molar-refractivity contribution < 1.29 is 14.6 Å². The summed E-state index contributed by atoms with van der Waals surface area (Å²) in [5.41, 5.74) is 2.26. The first-order chi connectivity index (χ1) is 14.2. The van der Waals surface area contributed by atoms with Crippen molar-refractivity contribution >= 4 is 41.5 Å². The molecule has 0 aromatic heterocycles. The largest absolute Gasteiger partial charge is 0.396 e. The molecule has 1 atom stereocenters. The van der Waals surface area contributed by atoms with E-state index < -0.39 is 0 Å². The van der Waals surface area contributed by atoms with Crippen molar-refractivity contribution in [2.24, 2.45) is 10.4 Å². The van der Waals surface area contributed by atoms with Crippen LogP contribution in [0.2, 0.25) is 0 Å². The summed E-state index contributed by atoms with van der Waals surface area (Å²) in [5, 5.41) is 16.0. The fourth-order valence-corrected chi connectivity index (χ4v) is 4.05. The van der Waals surface area contributed by atoms with Gasteiger partial charge < -0.3 is 25.4 Å². The minimum Gasteiger partial charge on any atom is -0.396 e. The molecule has 30 heavy (non-hydrogen) atoms. The summed E-state index contributed by atoms with van der Waals surface area (Å²) in [4.78, 5) is 19.2. The summed E-state index contributed by atoms with van der Waals surface area (Å²) in [6.45, 7) is 6.47. The molecule has 1 amide bonds. The Morgan fingerprint density at radius 2 is 2.17 bits per heavy atom. The van der Waals surface area contributed by atoms with Crippen LogP contribution in [0.5, 0.6) is 0 Å². The second-order valence-corrected chi connectivity index (χ2v) is 7.93. The van der Waals surface area contributed by atoms with E-state index in [9.17, 15) is 9.90 Å². The average molecular weight is 530 g/mol. The number of fused-ring (bicyclic) bond motifs is 1. The molecule has 1 fully saturated rings. The van der Waals surface area contributed by atoms with Crippen LogP contribution < -0.4 is 15.5 Å². The van der Waals surface area contributed by atoms with Crippen molar-refractivity contribution in [3.05, 3.63) is 29.8 Å². The van der Waals surface area contributed by atoms with Gasteiger partial charge in [0.05, 0.1) is 13.2 Å². The highest BCUT2D eigenvalue weighted by Crippen LogP contribution is 2.32. The molecule has 2 heterocycles. The molecule has 1 saturated heterocycles. The molecule has 168 valence electrons. The molecule has 0 spiro atoms. The zero-order valence-electron chi connectivity index (χ0n) is 17.9. The fraction of sp³-hybridized carbons (Fsp3) is 0.636. The highest BCUT2D eigenvalue weighted by atomic mass is 127. The number of nitrogens with one attached hydrogen (secondary N) is 2. The van der Waals surface area contributed by atoms with E-state index in [1.165, 1.54) is 5.56 Å². The van der Waals surface area contributed by atoms with Crippen LogP contribution in [0.25, 0.3) is 0 Å². The first-order valence-electron chi connectivity index (χ1n) is 10.8. The number of hydrogen-bond donors (Lipinski definition) is 3. The highest BCUT2D eigenvalue weighted by Gasteiger charge is 2.34. The summed E-state index contributed by atoms with van der Waals surface area (Å²) in [5.74, 6) is 0.944. The quantitative estimate of drug-likeness (QED) is 0.198. The Kier molecular flexibility index (Phi) is 10.3. The molecule has 3 rings (SSSR count). The van der Waals surface area contributed by atoms with Crippen molar-refractivity contribution in [2.75, 3.05) is 50.9 Å². The van der Waals surface area contributed by atoms with Crippen LogP contribution in [0.4, 0.5) is 5.69 Å². The van der Waals surface area contributed by atoms with E-state index in [1.54, 1.807) is 0 Å². The van der Waals surface area contributed by atoms with Crippen LogP contribution >= 0.6 is 24.0 Å². The Balaban J connectivity index is 0.00000320. The van der Waals surface area contributed by atoms with Gasteiger partial charge in [0.25, 0.3) is 0 Å². The molecule has 1 unspecified atom stereocenters. The maximum atomic E-state index is 12.6. The zero-order chi connectivity index (χ0) is 20.5. The van der Waals surface area contributed by atoms with Crippen LogP contribution in [0.3, 0.4) is 0 Å². The lowest BCUT2D eigenvalue weighted by Crippen LogP contribution is -2.39. The number of anilines is 1. The van der Waals surface area contributed by atoms with Gasteiger partial charge in [-0.2, -0.15) is 0 Å². The molecule has 2 aliphatic heterocycles. The molecule has 8 heteroatoms. The predicted octanol–water partition coefficient (Wildman–Crippen LogP) is 2.32. The number of ether oxygens (including phenoxy) is 1. The Morgan fingerprint density at radius 3 is 2.90 bits per heavy atom. The molecule has 0 bridgehead atoms. The van der Waals surface area contributed by atoms with E-state index in [0.717, 1.165) is 50.6 Å². The molecule has 7 nitrogen and oxygen atoms in total. The van der Waals surface area contributed by atoms with Crippen molar-refractivity contribution in [3.8, 4) is 0 Å². The third-order valence-electron chi connectivity index (χ3n) is 5.79. The number of aliphatic imine (C=N–C) groups is 1. The Bertz CT molecular complexity index is 707. The zero-order valence-corrected chi connectivity index (χ0v) is 20.2. The van der Waals surface area contributed by atoms with Gasteiger partial charge in [-0.15, -0.1) is 24.0 Å². The van der Waals surface area contributed by atoms with Gasteiger partial charge in [-0.1, -0.05) is 18.2 Å². The van der Waals surface area contributed by atoms with Gasteiger partial charge in [-0.25, -0.2) is 0 Å². The second-order valence-electron chi connectivity index (χ2n) is 7.93. The number of aliphatic hydroxyl groups is 1. The molecular formula is C22H35IN4O3. The monoisotopic (exact) mass is 530 g/mol. The summed E-state index contributed by atoms with van der Waals surface area (Å²) < 4.78 is 5.54. The number of amides is 1. The third-order valence-corrected chi connectivity index (χ3v) is 5.79. The topological polar surface area (TPSA) is 86.2 Å². The smallest absolute Gasteiger partial charge is 0.227 e. The Labute approximate surface area is 196 Å². The lowest BCUT2D eigenvalue weighted by Gasteiger charge is -2.25. The van der Waals surface area contributed by atoms with E-state index >= 15 is 0 Å². The number of halogens is 1. The van der Waals surface area contributed by atoms with Gasteiger partial charge in [-0.3, -0.25) is 9.79 Å². The molecule has 0 saturated carbocycles. The fourth-order valence-electron chi connectivity index (χ4n) is 4.05. The molecule has 0 radical (unpaired) electrons. The normalized spacial score (nSPS) is 20.6. The van der Waals surface area contributed by atoms with Gasteiger partial charge in [0.1, 0.15) is 0 Å². The van der Waals surface area contributed by atoms with Crippen molar-refractivity contribution in [2.45, 2.75) is 39.0 Å². The Morgan fingerprint density at radius 1 is 1.33 bits per heavy atom. The number of benzene rings is 1. The molecular weight excluding hydrogens is 495 g/mol. The van der Waals surface area contributed by atoms with Gasteiger partial charge in [0, 0.05) is 50.4 Å². The standard InChI is InChI=1S/C22H34N4O3.HI/c1-2-23-21(25-16-22(10-14-27)11-15-29-17-22)24-12-5-8-20(28)26-13-9-18-6-3-4-7-19(18)26;/h3-4,6-7,27H,2,5,8-17H2,1H3,(H2,23,24,25);1H. The Hall–Kier alpha value is -1.39. The first kappa shape index (κ1) is 24.9. The molecule has 2 aliphatic rings. The van der Waals surface area contributed by atoms with E-state index in [4.69, 9.17) is 9.73 Å². The second kappa shape index (κ2) is 12.5. The van der Waals surface area contributed by atoms with Crippen LogP contribution in [-0.4, -0.2) is 63.0 Å². The lowest BCUT2D eigenvalue weighted by molar-refractivity contribution is -0.118. The SMILES string of the molecule is CCNC(=NCC1(CCO)CCOC1)NCCCC(=O)N1CCc2ccccc21.I. The number of nitrogens with zero attached hydrogens (tertiary/aromatic N) is 2. The predicted molar refractivity (Wildman–Crippen MR) is 131 cm³/mol. The summed E-state index contributed by atoms with van der Waals surface area (Å²) in [7, 11) is 0. The number of guanidine groups is 1. The first-order valence-corrected chi connectivity index (χ1v) is 10.8. The molecule has 3 N–H and O–H groups in total. The van der Waals surface area contributed by atoms with Crippen LogP contribution in [0.15, 0.2) is 29.3 Å². The number of aliphatic hydroxyl groups excluding tert-OH is 1. The van der Waals surface area contributed by atoms with Crippen molar-refractivity contribution in [1.82, 2.24) is 10.6 Å². The summed E-state index contributed by atoms with van der Waals surface area (Å²) in [6, 6.07) is 8.15. The van der Waals surface area contributed by atoms with Crippen LogP contribution in [0, 0.1) is 5.41 Å². The summed E-state index contributed by atoms with van der Waals surface area (Å²) in [6.07, 6.45) is 3.86. The minimum absolute atomic E-state index is 0. The molecule has 1 aromatic rings. The summed E-state index contributed by atoms with van der Waals surface area (Å²) >= 11 is 0. The van der Waals surface area contributed by atoms with Crippen molar-refractivity contribution in [1.29, 1.82) is 0 Å². The average Bonchev–Trinajstić information content (AvgIpc) is 3.37. The number of hydrogen-bond acceptors (Lipinski definition) is 4. The minimum atomic E-state index is -0.0593. The van der Waals surface area contributed by atoms with Gasteiger partial charge in [-0.05, 0) is 44.2 Å². The van der Waals surface area contributed by atoms with Crippen molar-refractivity contribution in [3.63, 3.8) is 0 Å². The van der Waals surface area contributed by atoms with E-state index in [1.807, 2.05) is 30.0 Å². The maximum Gasteiger partial charge on any atom is 0.227 e. The van der Waals surface area contributed by atoms with E-state index in [-0.39, 0.29) is 41.9 Å². The van der Waals surface area contributed by atoms with E-state index in [0.29, 0.717) is 32.5 Å². The number of carbonyl (C=O) groups excluding carboxylic acids is 1. The number of para-hydroxylation sites is 1. The van der Waals surface area contributed by atoms with Crippen LogP contribution in [0.1, 0.15) is 38.2 Å². The third kappa shape index (κ3) is 6.55. The van der Waals surface area contributed by atoms with Gasteiger partial charge >= 0.3 is 0 Å². The number of rotatable bonds is 9. The van der Waals surface area contributed by atoms with Crippen LogP contribution in [-0.2, 0) is 16.0 Å². The lowest BCUT2D eigenvalue weighted by atomic mass is 9.84. The number of carbonyl (C=O) groups is 1. The van der Waals surface area contributed by atoms with Gasteiger partial charge in [0.15, 0.2) is 5.96 Å². The van der Waals surface area contributed by atoms with E-state index in [2.05, 4.69) is 16.7 Å². The molecule has 0 aliphatic carbocycles. The van der Waals surface area contributed by atoms with Gasteiger partial charge in [0.2, 0.25) is 5.91 Å². The maximum absolute atomic E-state index is 12.6.